The van der Waals surface area contributed by atoms with E-state index >= 15 is 0 Å². The molecule has 0 aliphatic heterocycles. The molecule has 0 bridgehead atoms. The minimum Gasteiger partial charge on any atom is -0.399 e. The molecule has 0 aliphatic rings. The molecule has 2 nitrogen and oxygen atoms in total. The first-order chi connectivity index (χ1) is 9.43. The third-order valence-electron chi connectivity index (χ3n) is 3.00. The minimum absolute atomic E-state index is 0.102. The number of hydrogen-bond acceptors (Lipinski definition) is 2. The number of nitrogens with zero attached hydrogens (tertiary/aromatic N) is 1. The van der Waals surface area contributed by atoms with Crippen LogP contribution in [0.1, 0.15) is 12.5 Å². The van der Waals surface area contributed by atoms with Crippen molar-refractivity contribution in [1.29, 1.82) is 0 Å². The second-order valence-corrected chi connectivity index (χ2v) is 4.35. The van der Waals surface area contributed by atoms with Crippen molar-refractivity contribution in [2.45, 2.75) is 13.1 Å². The van der Waals surface area contributed by atoms with Crippen LogP contribution in [0.2, 0.25) is 0 Å². The molecular formula is C15H15F3N2. The molecule has 0 saturated carbocycles. The molecular weight excluding hydrogens is 265 g/mol. The summed E-state index contributed by atoms with van der Waals surface area (Å²) in [6.07, 6.45) is -4.44. The van der Waals surface area contributed by atoms with Crippen LogP contribution in [-0.2, 0) is 6.18 Å². The molecule has 0 aromatic heterocycles. The minimum atomic E-state index is -4.44. The highest BCUT2D eigenvalue weighted by Gasteiger charge is 2.35. The molecule has 0 aliphatic carbocycles. The van der Waals surface area contributed by atoms with E-state index < -0.39 is 11.7 Å². The van der Waals surface area contributed by atoms with Gasteiger partial charge in [0.15, 0.2) is 0 Å². The van der Waals surface area contributed by atoms with Crippen molar-refractivity contribution in [3.63, 3.8) is 0 Å². The Bertz CT molecular complexity index is 579. The molecule has 2 aromatic rings. The zero-order valence-corrected chi connectivity index (χ0v) is 11.0. The molecule has 0 atom stereocenters. The van der Waals surface area contributed by atoms with Crippen LogP contribution in [0, 0.1) is 0 Å². The van der Waals surface area contributed by atoms with Crippen LogP contribution in [-0.4, -0.2) is 6.54 Å². The first-order valence-electron chi connectivity index (χ1n) is 6.22. The van der Waals surface area contributed by atoms with Crippen LogP contribution in [0.4, 0.5) is 30.2 Å². The lowest BCUT2D eigenvalue weighted by molar-refractivity contribution is -0.137. The van der Waals surface area contributed by atoms with E-state index in [0.29, 0.717) is 12.2 Å². The van der Waals surface area contributed by atoms with Gasteiger partial charge in [-0.05, 0) is 37.3 Å². The van der Waals surface area contributed by atoms with Gasteiger partial charge in [-0.25, -0.2) is 0 Å². The van der Waals surface area contributed by atoms with Gasteiger partial charge >= 0.3 is 6.18 Å². The molecule has 106 valence electrons. The fourth-order valence-corrected chi connectivity index (χ4v) is 2.12. The van der Waals surface area contributed by atoms with Crippen molar-refractivity contribution in [3.8, 4) is 0 Å². The Labute approximate surface area is 115 Å². The maximum atomic E-state index is 13.2. The first-order valence-corrected chi connectivity index (χ1v) is 6.22. The molecule has 0 fully saturated rings. The lowest BCUT2D eigenvalue weighted by Gasteiger charge is -2.26. The summed E-state index contributed by atoms with van der Waals surface area (Å²) in [7, 11) is 0. The SMILES string of the molecule is CCN(c1ccccc1)c1ccc(N)cc1C(F)(F)F. The largest absolute Gasteiger partial charge is 0.418 e. The van der Waals surface area contributed by atoms with E-state index in [9.17, 15) is 13.2 Å². The van der Waals surface area contributed by atoms with Crippen molar-refractivity contribution in [2.75, 3.05) is 17.2 Å². The molecule has 5 heteroatoms. The van der Waals surface area contributed by atoms with Gasteiger partial charge in [0.25, 0.3) is 0 Å². The number of hydrogen-bond donors (Lipinski definition) is 1. The highest BCUT2D eigenvalue weighted by Crippen LogP contribution is 2.40. The number of rotatable bonds is 3. The van der Waals surface area contributed by atoms with Gasteiger partial charge in [-0.1, -0.05) is 18.2 Å². The van der Waals surface area contributed by atoms with Gasteiger partial charge < -0.3 is 10.6 Å². The maximum Gasteiger partial charge on any atom is 0.418 e. The van der Waals surface area contributed by atoms with Gasteiger partial charge in [-0.2, -0.15) is 13.2 Å². The zero-order valence-electron chi connectivity index (χ0n) is 11.0. The quantitative estimate of drug-likeness (QED) is 0.842. The van der Waals surface area contributed by atoms with Crippen molar-refractivity contribution in [2.24, 2.45) is 0 Å². The van der Waals surface area contributed by atoms with Gasteiger partial charge in [0.1, 0.15) is 0 Å². The summed E-state index contributed by atoms with van der Waals surface area (Å²) >= 11 is 0. The highest BCUT2D eigenvalue weighted by atomic mass is 19.4. The van der Waals surface area contributed by atoms with Gasteiger partial charge in [0.05, 0.1) is 11.3 Å². The topological polar surface area (TPSA) is 29.3 Å². The molecule has 2 aromatic carbocycles. The smallest absolute Gasteiger partial charge is 0.399 e. The van der Waals surface area contributed by atoms with Crippen molar-refractivity contribution >= 4 is 17.1 Å². The van der Waals surface area contributed by atoms with E-state index in [4.69, 9.17) is 5.73 Å². The van der Waals surface area contributed by atoms with Gasteiger partial charge in [-0.15, -0.1) is 0 Å². The fourth-order valence-electron chi connectivity index (χ4n) is 2.12. The normalized spacial score (nSPS) is 11.4. The van der Waals surface area contributed by atoms with E-state index in [2.05, 4.69) is 0 Å². The molecule has 2 rings (SSSR count). The molecule has 20 heavy (non-hydrogen) atoms. The van der Waals surface area contributed by atoms with E-state index in [1.807, 2.05) is 13.0 Å². The van der Waals surface area contributed by atoms with Crippen molar-refractivity contribution < 1.29 is 13.2 Å². The van der Waals surface area contributed by atoms with E-state index in [1.54, 1.807) is 29.2 Å². The summed E-state index contributed by atoms with van der Waals surface area (Å²) in [4.78, 5) is 1.61. The van der Waals surface area contributed by atoms with E-state index in [-0.39, 0.29) is 11.4 Å². The zero-order chi connectivity index (χ0) is 14.8. The Morgan fingerprint density at radius 2 is 1.70 bits per heavy atom. The van der Waals surface area contributed by atoms with E-state index in [0.717, 1.165) is 6.07 Å². The number of alkyl halides is 3. The Balaban J connectivity index is 2.56. The van der Waals surface area contributed by atoms with Crippen LogP contribution in [0.3, 0.4) is 0 Å². The Morgan fingerprint density at radius 1 is 1.05 bits per heavy atom. The number of nitrogens with two attached hydrogens (primary N) is 1. The van der Waals surface area contributed by atoms with Gasteiger partial charge in [0.2, 0.25) is 0 Å². The average Bonchev–Trinajstić information content (AvgIpc) is 2.41. The number of para-hydroxylation sites is 1. The van der Waals surface area contributed by atoms with Crippen LogP contribution in [0.15, 0.2) is 48.5 Å². The molecule has 0 heterocycles. The second-order valence-electron chi connectivity index (χ2n) is 4.35. The van der Waals surface area contributed by atoms with E-state index in [1.165, 1.54) is 12.1 Å². The molecule has 0 saturated heterocycles. The second kappa shape index (κ2) is 5.45. The van der Waals surface area contributed by atoms with Crippen LogP contribution in [0.25, 0.3) is 0 Å². The monoisotopic (exact) mass is 280 g/mol. The van der Waals surface area contributed by atoms with Crippen LogP contribution in [0.5, 0.6) is 0 Å². The van der Waals surface area contributed by atoms with Gasteiger partial charge in [0, 0.05) is 17.9 Å². The van der Waals surface area contributed by atoms with Crippen LogP contribution < -0.4 is 10.6 Å². The predicted octanol–water partition coefficient (Wildman–Crippen LogP) is 4.45. The molecule has 2 N–H and O–H groups in total. The third-order valence-corrected chi connectivity index (χ3v) is 3.00. The first kappa shape index (κ1) is 14.2. The fraction of sp³-hybridized carbons (Fsp3) is 0.200. The van der Waals surface area contributed by atoms with Crippen molar-refractivity contribution in [3.05, 3.63) is 54.1 Å². The summed E-state index contributed by atoms with van der Waals surface area (Å²) < 4.78 is 39.5. The van der Waals surface area contributed by atoms with Crippen LogP contribution >= 0.6 is 0 Å². The predicted molar refractivity (Wildman–Crippen MR) is 75.0 cm³/mol. The lowest BCUT2D eigenvalue weighted by Crippen LogP contribution is -2.20. The summed E-state index contributed by atoms with van der Waals surface area (Å²) in [5, 5.41) is 0. The summed E-state index contributed by atoms with van der Waals surface area (Å²) in [5.41, 5.74) is 5.69. The lowest BCUT2D eigenvalue weighted by atomic mass is 10.1. The number of nitrogen functional groups attached to an aromatic ring is 1. The summed E-state index contributed by atoms with van der Waals surface area (Å²) in [6, 6.07) is 12.8. The highest BCUT2D eigenvalue weighted by molar-refractivity contribution is 5.69. The maximum absolute atomic E-state index is 13.2. The third kappa shape index (κ3) is 2.87. The Kier molecular flexibility index (Phi) is 3.88. The molecule has 0 unspecified atom stereocenters. The standard InChI is InChI=1S/C15H15F3N2/c1-2-20(12-6-4-3-5-7-12)14-9-8-11(19)10-13(14)15(16,17)18/h3-10H,2,19H2,1H3. The van der Waals surface area contributed by atoms with Gasteiger partial charge in [-0.3, -0.25) is 0 Å². The molecule has 0 spiro atoms. The number of anilines is 3. The van der Waals surface area contributed by atoms with Crippen molar-refractivity contribution in [1.82, 2.24) is 0 Å². The summed E-state index contributed by atoms with van der Waals surface area (Å²) in [6.45, 7) is 2.24. The number of halogens is 3. The summed E-state index contributed by atoms with van der Waals surface area (Å²) in [5.74, 6) is 0. The number of benzene rings is 2. The average molecular weight is 280 g/mol. The molecule has 0 radical (unpaired) electrons. The molecule has 0 amide bonds. The Hall–Kier alpha value is -2.17. The Morgan fingerprint density at radius 3 is 2.25 bits per heavy atom.